The van der Waals surface area contributed by atoms with Crippen molar-refractivity contribution in [1.29, 1.82) is 0 Å². The molecule has 2 aromatic carbocycles. The minimum atomic E-state index is -1.25. The fourth-order valence-corrected chi connectivity index (χ4v) is 2.26. The van der Waals surface area contributed by atoms with E-state index in [9.17, 15) is 9.90 Å². The Hall–Kier alpha value is -2.73. The lowest BCUT2D eigenvalue weighted by Crippen LogP contribution is -2.25. The molecule has 0 aromatic heterocycles. The van der Waals surface area contributed by atoms with Crippen molar-refractivity contribution in [1.82, 2.24) is 5.43 Å². The summed E-state index contributed by atoms with van der Waals surface area (Å²) in [7, 11) is 0. The van der Waals surface area contributed by atoms with E-state index in [4.69, 9.17) is 12.2 Å². The zero-order chi connectivity index (χ0) is 16.8. The number of hydrogen-bond donors (Lipinski definition) is 2. The van der Waals surface area contributed by atoms with Crippen LogP contribution in [0, 0.1) is 13.8 Å². The Morgan fingerprint density at radius 2 is 1.78 bits per heavy atom. The normalized spacial score (nSPS) is 10.5. The highest BCUT2D eigenvalue weighted by Gasteiger charge is 2.03. The summed E-state index contributed by atoms with van der Waals surface area (Å²) in [6, 6.07) is 12.4. The van der Waals surface area contributed by atoms with Crippen molar-refractivity contribution >= 4 is 35.2 Å². The SMILES string of the molecule is Cc1cccc(C)c1NC(=S)N/N=C\c1ccccc1C(=O)[O-]. The number of hydrogen-bond acceptors (Lipinski definition) is 4. The molecule has 23 heavy (non-hydrogen) atoms. The van der Waals surface area contributed by atoms with Gasteiger partial charge in [-0.3, -0.25) is 5.43 Å². The molecule has 0 amide bonds. The van der Waals surface area contributed by atoms with Crippen LogP contribution in [0.4, 0.5) is 5.69 Å². The van der Waals surface area contributed by atoms with Gasteiger partial charge in [0.25, 0.3) is 0 Å². The minimum absolute atomic E-state index is 0.0756. The molecule has 6 heteroatoms. The molecule has 0 saturated carbocycles. The number of carboxylic acid groups (broad SMARTS) is 1. The maximum Gasteiger partial charge on any atom is 0.191 e. The van der Waals surface area contributed by atoms with E-state index in [0.717, 1.165) is 16.8 Å². The van der Waals surface area contributed by atoms with Crippen LogP contribution in [0.15, 0.2) is 47.6 Å². The molecule has 0 aliphatic heterocycles. The van der Waals surface area contributed by atoms with Gasteiger partial charge < -0.3 is 15.2 Å². The molecule has 0 spiro atoms. The Morgan fingerprint density at radius 3 is 2.43 bits per heavy atom. The van der Waals surface area contributed by atoms with Crippen LogP contribution >= 0.6 is 12.2 Å². The minimum Gasteiger partial charge on any atom is -0.545 e. The summed E-state index contributed by atoms with van der Waals surface area (Å²) in [5.41, 5.74) is 6.26. The van der Waals surface area contributed by atoms with Crippen LogP contribution in [-0.2, 0) is 0 Å². The number of anilines is 1. The smallest absolute Gasteiger partial charge is 0.191 e. The molecule has 118 valence electrons. The number of hydrazone groups is 1. The average molecular weight is 326 g/mol. The van der Waals surface area contributed by atoms with Crippen molar-refractivity contribution < 1.29 is 9.90 Å². The van der Waals surface area contributed by atoms with Crippen molar-refractivity contribution in [3.8, 4) is 0 Å². The number of carboxylic acids is 1. The van der Waals surface area contributed by atoms with Crippen molar-refractivity contribution in [2.75, 3.05) is 5.32 Å². The van der Waals surface area contributed by atoms with Gasteiger partial charge >= 0.3 is 0 Å². The second-order valence-electron chi connectivity index (χ2n) is 4.97. The van der Waals surface area contributed by atoms with E-state index in [2.05, 4.69) is 15.8 Å². The third kappa shape index (κ3) is 4.37. The van der Waals surface area contributed by atoms with Crippen LogP contribution in [0.25, 0.3) is 0 Å². The second-order valence-corrected chi connectivity index (χ2v) is 5.37. The number of carbonyl (C=O) groups excluding carboxylic acids is 1. The zero-order valence-corrected chi connectivity index (χ0v) is 13.6. The summed E-state index contributed by atoms with van der Waals surface area (Å²) in [5.74, 6) is -1.25. The molecule has 0 saturated heterocycles. The fourth-order valence-electron chi connectivity index (χ4n) is 2.11. The van der Waals surface area contributed by atoms with E-state index in [1.54, 1.807) is 18.2 Å². The highest BCUT2D eigenvalue weighted by molar-refractivity contribution is 7.80. The number of carbonyl (C=O) groups is 1. The van der Waals surface area contributed by atoms with Gasteiger partial charge in [-0.05, 0) is 37.2 Å². The molecular formula is C17H16N3O2S-. The lowest BCUT2D eigenvalue weighted by atomic mass is 10.1. The topological polar surface area (TPSA) is 76.5 Å². The first-order chi connectivity index (χ1) is 11.0. The second kappa shape index (κ2) is 7.51. The van der Waals surface area contributed by atoms with E-state index in [1.165, 1.54) is 12.3 Å². The van der Waals surface area contributed by atoms with Crippen molar-refractivity contribution in [2.45, 2.75) is 13.8 Å². The van der Waals surface area contributed by atoms with Gasteiger partial charge in [0.15, 0.2) is 5.11 Å². The van der Waals surface area contributed by atoms with Gasteiger partial charge in [0.2, 0.25) is 0 Å². The molecule has 0 radical (unpaired) electrons. The third-order valence-corrected chi connectivity index (χ3v) is 3.46. The molecule has 2 rings (SSSR count). The van der Waals surface area contributed by atoms with E-state index >= 15 is 0 Å². The molecule has 0 heterocycles. The van der Waals surface area contributed by atoms with Crippen molar-refractivity contribution in [3.05, 3.63) is 64.7 Å². The van der Waals surface area contributed by atoms with Gasteiger partial charge in [0, 0.05) is 16.8 Å². The maximum absolute atomic E-state index is 11.0. The number of rotatable bonds is 4. The highest BCUT2D eigenvalue weighted by Crippen LogP contribution is 2.19. The molecule has 0 aliphatic carbocycles. The predicted octanol–water partition coefficient (Wildman–Crippen LogP) is 1.99. The molecule has 0 bridgehead atoms. The van der Waals surface area contributed by atoms with E-state index in [0.29, 0.717) is 10.7 Å². The summed E-state index contributed by atoms with van der Waals surface area (Å²) < 4.78 is 0. The van der Waals surface area contributed by atoms with Crippen molar-refractivity contribution in [3.63, 3.8) is 0 Å². The van der Waals surface area contributed by atoms with Crippen LogP contribution in [-0.4, -0.2) is 17.3 Å². The van der Waals surface area contributed by atoms with Gasteiger partial charge in [0.1, 0.15) is 0 Å². The van der Waals surface area contributed by atoms with E-state index in [-0.39, 0.29) is 5.56 Å². The first-order valence-corrected chi connectivity index (χ1v) is 7.36. The maximum atomic E-state index is 11.0. The Kier molecular flexibility index (Phi) is 5.43. The number of aryl methyl sites for hydroxylation is 2. The number of nitrogens with zero attached hydrogens (tertiary/aromatic N) is 1. The lowest BCUT2D eigenvalue weighted by molar-refractivity contribution is -0.255. The lowest BCUT2D eigenvalue weighted by Gasteiger charge is -2.12. The van der Waals surface area contributed by atoms with Gasteiger partial charge in [0.05, 0.1) is 12.2 Å². The standard InChI is InChI=1S/C17H17N3O2S/c1-11-6-5-7-12(2)15(11)19-17(23)20-18-10-13-8-3-4-9-14(13)16(21)22/h3-10H,1-2H3,(H,21,22)(H2,19,20,23)/p-1/b18-10-. The van der Waals surface area contributed by atoms with Gasteiger partial charge in [-0.1, -0.05) is 42.5 Å². The van der Waals surface area contributed by atoms with E-state index < -0.39 is 5.97 Å². The summed E-state index contributed by atoms with van der Waals surface area (Å²) in [5, 5.41) is 18.4. The van der Waals surface area contributed by atoms with Crippen LogP contribution < -0.4 is 15.8 Å². The van der Waals surface area contributed by atoms with E-state index in [1.807, 2.05) is 32.0 Å². The molecular weight excluding hydrogens is 310 g/mol. The number of benzene rings is 2. The van der Waals surface area contributed by atoms with Crippen molar-refractivity contribution in [2.24, 2.45) is 5.10 Å². The molecule has 0 fully saturated rings. The Labute approximate surface area is 140 Å². The quantitative estimate of drug-likeness (QED) is 0.510. The molecule has 2 N–H and O–H groups in total. The fraction of sp³-hybridized carbons (Fsp3) is 0.118. The monoisotopic (exact) mass is 326 g/mol. The van der Waals surface area contributed by atoms with Gasteiger partial charge in [-0.15, -0.1) is 0 Å². The first-order valence-electron chi connectivity index (χ1n) is 6.95. The molecule has 0 aliphatic rings. The third-order valence-electron chi connectivity index (χ3n) is 3.27. The number of para-hydroxylation sites is 1. The largest absolute Gasteiger partial charge is 0.545 e. The average Bonchev–Trinajstić information content (AvgIpc) is 2.51. The number of thiocarbonyl (C=S) groups is 1. The van der Waals surface area contributed by atoms with Gasteiger partial charge in [-0.25, -0.2) is 0 Å². The molecule has 2 aromatic rings. The predicted molar refractivity (Wildman–Crippen MR) is 93.6 cm³/mol. The van der Waals surface area contributed by atoms with Crippen LogP contribution in [0.5, 0.6) is 0 Å². The van der Waals surface area contributed by atoms with Crippen LogP contribution in [0.1, 0.15) is 27.0 Å². The number of aromatic carboxylic acids is 1. The Bertz CT molecular complexity index is 752. The number of nitrogens with one attached hydrogen (secondary N) is 2. The summed E-state index contributed by atoms with van der Waals surface area (Å²) in [6.45, 7) is 3.97. The van der Waals surface area contributed by atoms with Gasteiger partial charge in [-0.2, -0.15) is 5.10 Å². The summed E-state index contributed by atoms with van der Waals surface area (Å²) in [4.78, 5) is 11.0. The van der Waals surface area contributed by atoms with Crippen LogP contribution in [0.3, 0.4) is 0 Å². The summed E-state index contributed by atoms with van der Waals surface area (Å²) in [6.07, 6.45) is 1.39. The zero-order valence-electron chi connectivity index (χ0n) is 12.8. The molecule has 5 nitrogen and oxygen atoms in total. The highest BCUT2D eigenvalue weighted by atomic mass is 32.1. The Balaban J connectivity index is 2.04. The summed E-state index contributed by atoms with van der Waals surface area (Å²) >= 11 is 5.19. The molecule has 0 unspecified atom stereocenters. The Morgan fingerprint density at radius 1 is 1.13 bits per heavy atom. The van der Waals surface area contributed by atoms with Crippen LogP contribution in [0.2, 0.25) is 0 Å². The molecule has 0 atom stereocenters. The first kappa shape index (κ1) is 16.6.